The fourth-order valence-electron chi connectivity index (χ4n) is 4.58. The lowest BCUT2D eigenvalue weighted by Gasteiger charge is -2.20. The molecule has 0 fully saturated rings. The van der Waals surface area contributed by atoms with Gasteiger partial charge >= 0.3 is 0 Å². The van der Waals surface area contributed by atoms with Crippen molar-refractivity contribution >= 4 is 28.4 Å². The van der Waals surface area contributed by atoms with Gasteiger partial charge in [0.2, 0.25) is 0 Å². The van der Waals surface area contributed by atoms with E-state index < -0.39 is 23.7 Å². The second kappa shape index (κ2) is 11.3. The van der Waals surface area contributed by atoms with Gasteiger partial charge in [-0.05, 0) is 42.3 Å². The minimum atomic E-state index is -2.80. The zero-order chi connectivity index (χ0) is 28.4. The van der Waals surface area contributed by atoms with E-state index in [2.05, 4.69) is 20.3 Å². The van der Waals surface area contributed by atoms with Gasteiger partial charge in [0.15, 0.2) is 5.78 Å². The number of methoxy groups -OCH3 is 1. The van der Waals surface area contributed by atoms with Crippen molar-refractivity contribution in [1.29, 1.82) is 0 Å². The molecule has 2 aromatic carbocycles. The lowest BCUT2D eigenvalue weighted by molar-refractivity contribution is -0.121. The van der Waals surface area contributed by atoms with Gasteiger partial charge in [0.1, 0.15) is 11.4 Å². The number of ketones is 1. The highest BCUT2D eigenvalue weighted by atomic mass is 35.5. The molecule has 0 N–H and O–H groups in total. The van der Waals surface area contributed by atoms with Crippen LogP contribution in [-0.2, 0) is 11.2 Å². The van der Waals surface area contributed by atoms with Crippen molar-refractivity contribution in [3.63, 3.8) is 0 Å². The summed E-state index contributed by atoms with van der Waals surface area (Å²) < 4.78 is 34.4. The molecule has 5 rings (SSSR count). The van der Waals surface area contributed by atoms with Gasteiger partial charge in [-0.25, -0.2) is 13.5 Å². The third-order valence-electron chi connectivity index (χ3n) is 6.50. The molecule has 0 saturated carbocycles. The van der Waals surface area contributed by atoms with E-state index in [1.54, 1.807) is 36.7 Å². The summed E-state index contributed by atoms with van der Waals surface area (Å²) in [6, 6.07) is 10.7. The van der Waals surface area contributed by atoms with Crippen LogP contribution in [0, 0.1) is 0 Å². The molecule has 1 atom stereocenters. The summed E-state index contributed by atoms with van der Waals surface area (Å²) in [5.74, 6) is 0.123. The molecule has 0 amide bonds. The van der Waals surface area contributed by atoms with Gasteiger partial charge in [0.25, 0.3) is 12.0 Å². The van der Waals surface area contributed by atoms with E-state index in [9.17, 15) is 18.4 Å². The summed E-state index contributed by atoms with van der Waals surface area (Å²) in [7, 11) is 1.43. The molecule has 0 aliphatic rings. The molecule has 12 heteroatoms. The Labute approximate surface area is 232 Å². The Balaban J connectivity index is 1.52. The number of carbonyl (C=O) groups is 1. The first-order valence-electron chi connectivity index (χ1n) is 12.3. The molecular weight excluding hydrogens is 542 g/mol. The van der Waals surface area contributed by atoms with E-state index in [1.807, 2.05) is 19.1 Å². The summed E-state index contributed by atoms with van der Waals surface area (Å²) in [5, 5.41) is 7.67. The number of ether oxygens (including phenoxy) is 1. The Morgan fingerprint density at radius 1 is 1.02 bits per heavy atom. The summed E-state index contributed by atoms with van der Waals surface area (Å²) in [5.41, 5.74) is 2.34. The van der Waals surface area contributed by atoms with E-state index >= 15 is 0 Å². The topological polar surface area (TPSA) is 105 Å². The average molecular weight is 565 g/mol. The molecular formula is C28H23ClF2N6O3. The fraction of sp³-hybridized carbons (Fsp3) is 0.214. The Bertz CT molecular complexity index is 1770. The third kappa shape index (κ3) is 5.32. The van der Waals surface area contributed by atoms with Crippen molar-refractivity contribution in [2.24, 2.45) is 0 Å². The standard InChI is InChI=1S/C28H23ClF2N6O3/c1-3-23(25(38)11-16-4-6-20-21(10-16)33-9-8-32-20)36-15-26(40-2)19(13-27(36)39)18-12-17(29)5-7-24(18)37-14-22(28(30)31)34-35-37/h4-10,12-15,23,28H,3,11H2,1-2H3. The number of hydrogen-bond donors (Lipinski definition) is 0. The average Bonchev–Trinajstić information content (AvgIpc) is 3.44. The highest BCUT2D eigenvalue weighted by Gasteiger charge is 2.24. The second-order valence-corrected chi connectivity index (χ2v) is 9.43. The molecule has 0 spiro atoms. The van der Waals surface area contributed by atoms with Crippen LogP contribution in [0.1, 0.15) is 37.1 Å². The number of hydrogen-bond acceptors (Lipinski definition) is 7. The predicted octanol–water partition coefficient (Wildman–Crippen LogP) is 5.40. The van der Waals surface area contributed by atoms with Crippen LogP contribution < -0.4 is 10.3 Å². The van der Waals surface area contributed by atoms with Crippen LogP contribution in [-0.4, -0.2) is 42.4 Å². The van der Waals surface area contributed by atoms with Crippen molar-refractivity contribution in [2.75, 3.05) is 7.11 Å². The van der Waals surface area contributed by atoms with Gasteiger partial charge in [-0.3, -0.25) is 19.6 Å². The molecule has 0 saturated heterocycles. The summed E-state index contributed by atoms with van der Waals surface area (Å²) >= 11 is 6.26. The van der Waals surface area contributed by atoms with Crippen LogP contribution >= 0.6 is 11.6 Å². The molecule has 0 bridgehead atoms. The van der Waals surface area contributed by atoms with E-state index in [-0.39, 0.29) is 18.0 Å². The normalized spacial score (nSPS) is 12.2. The first-order chi connectivity index (χ1) is 19.3. The molecule has 0 radical (unpaired) electrons. The van der Waals surface area contributed by atoms with Crippen LogP contribution in [0.5, 0.6) is 5.75 Å². The largest absolute Gasteiger partial charge is 0.495 e. The summed E-state index contributed by atoms with van der Waals surface area (Å²) in [6.07, 6.45) is 3.44. The Hall–Kier alpha value is -4.51. The third-order valence-corrected chi connectivity index (χ3v) is 6.74. The van der Waals surface area contributed by atoms with Crippen molar-refractivity contribution in [1.82, 2.24) is 29.5 Å². The van der Waals surface area contributed by atoms with E-state index in [1.165, 1.54) is 28.6 Å². The zero-order valence-electron chi connectivity index (χ0n) is 21.5. The lowest BCUT2D eigenvalue weighted by Crippen LogP contribution is -2.30. The predicted molar refractivity (Wildman–Crippen MR) is 145 cm³/mol. The van der Waals surface area contributed by atoms with Crippen LogP contribution in [0.2, 0.25) is 5.02 Å². The Morgan fingerprint density at radius 2 is 1.80 bits per heavy atom. The summed E-state index contributed by atoms with van der Waals surface area (Å²) in [6.45, 7) is 1.82. The van der Waals surface area contributed by atoms with Crippen LogP contribution in [0.4, 0.5) is 8.78 Å². The molecule has 0 aliphatic carbocycles. The maximum absolute atomic E-state index is 13.4. The first-order valence-corrected chi connectivity index (χ1v) is 12.7. The number of halogens is 3. The SMILES string of the molecule is CCC(C(=O)Cc1ccc2nccnc2c1)n1cc(OC)c(-c2cc(Cl)ccc2-n2cc(C(F)F)nn2)cc1=O. The molecule has 5 aromatic rings. The number of aromatic nitrogens is 6. The number of pyridine rings is 1. The van der Waals surface area contributed by atoms with Crippen LogP contribution in [0.3, 0.4) is 0 Å². The van der Waals surface area contributed by atoms with Crippen molar-refractivity contribution in [3.05, 3.63) is 93.9 Å². The van der Waals surface area contributed by atoms with Crippen molar-refractivity contribution < 1.29 is 18.3 Å². The maximum Gasteiger partial charge on any atom is 0.283 e. The Kier molecular flexibility index (Phi) is 7.65. The number of carbonyl (C=O) groups excluding carboxylic acids is 1. The molecule has 1 unspecified atom stereocenters. The van der Waals surface area contributed by atoms with Gasteiger partial charge in [0, 0.05) is 41.0 Å². The minimum Gasteiger partial charge on any atom is -0.495 e. The molecule has 40 heavy (non-hydrogen) atoms. The number of alkyl halides is 2. The highest BCUT2D eigenvalue weighted by molar-refractivity contribution is 6.31. The smallest absolute Gasteiger partial charge is 0.283 e. The molecule has 3 aromatic heterocycles. The zero-order valence-corrected chi connectivity index (χ0v) is 22.2. The molecule has 204 valence electrons. The number of benzene rings is 2. The van der Waals surface area contributed by atoms with E-state index in [4.69, 9.17) is 16.3 Å². The maximum atomic E-state index is 13.4. The van der Waals surface area contributed by atoms with Crippen LogP contribution in [0.15, 0.2) is 72.0 Å². The van der Waals surface area contributed by atoms with Crippen molar-refractivity contribution in [2.45, 2.75) is 32.2 Å². The number of nitrogens with zero attached hydrogens (tertiary/aromatic N) is 6. The van der Waals surface area contributed by atoms with Gasteiger partial charge < -0.3 is 9.30 Å². The lowest BCUT2D eigenvalue weighted by atomic mass is 10.00. The minimum absolute atomic E-state index is 0.0960. The van der Waals surface area contributed by atoms with Crippen LogP contribution in [0.25, 0.3) is 27.8 Å². The molecule has 9 nitrogen and oxygen atoms in total. The number of fused-ring (bicyclic) bond motifs is 1. The number of Topliss-reactive ketones (excluding diaryl/α,β-unsaturated/α-hetero) is 1. The molecule has 3 heterocycles. The first kappa shape index (κ1) is 27.1. The summed E-state index contributed by atoms with van der Waals surface area (Å²) in [4.78, 5) is 35.3. The monoisotopic (exact) mass is 564 g/mol. The fourth-order valence-corrected chi connectivity index (χ4v) is 4.75. The van der Waals surface area contributed by atoms with Gasteiger partial charge in [-0.2, -0.15) is 0 Å². The molecule has 0 aliphatic heterocycles. The van der Waals surface area contributed by atoms with E-state index in [0.29, 0.717) is 33.8 Å². The Morgan fingerprint density at radius 3 is 2.50 bits per heavy atom. The second-order valence-electron chi connectivity index (χ2n) is 9.00. The highest BCUT2D eigenvalue weighted by Crippen LogP contribution is 2.35. The van der Waals surface area contributed by atoms with Gasteiger partial charge in [-0.1, -0.05) is 29.8 Å². The quantitative estimate of drug-likeness (QED) is 0.236. The number of rotatable bonds is 9. The van der Waals surface area contributed by atoms with Crippen molar-refractivity contribution in [3.8, 4) is 22.6 Å². The van der Waals surface area contributed by atoms with E-state index in [0.717, 1.165) is 17.3 Å². The van der Waals surface area contributed by atoms with Gasteiger partial charge in [0.05, 0.1) is 42.3 Å². The van der Waals surface area contributed by atoms with Gasteiger partial charge in [-0.15, -0.1) is 5.10 Å².